The number of aromatic nitrogens is 1. The van der Waals surface area contributed by atoms with Crippen LogP contribution in [0, 0.1) is 0 Å². The number of hydrogen-bond donors (Lipinski definition) is 2. The largest absolute Gasteiger partial charge is 0.416 e. The van der Waals surface area contributed by atoms with Gasteiger partial charge in [0.1, 0.15) is 6.04 Å². The summed E-state index contributed by atoms with van der Waals surface area (Å²) in [5.41, 5.74) is 5.65. The molecule has 0 spiro atoms. The second-order valence-corrected chi connectivity index (χ2v) is 6.21. The minimum absolute atomic E-state index is 0.159. The lowest BCUT2D eigenvalue weighted by Crippen LogP contribution is -2.45. The van der Waals surface area contributed by atoms with Gasteiger partial charge in [-0.15, -0.1) is 0 Å². The van der Waals surface area contributed by atoms with E-state index in [9.17, 15) is 22.8 Å². The number of carbonyl (C=O) groups is 2. The number of benzene rings is 2. The predicted octanol–water partition coefficient (Wildman–Crippen LogP) is 3.08. The molecule has 1 aromatic heterocycles. The Kier molecular flexibility index (Phi) is 5.30. The molecule has 3 N–H and O–H groups in total. The number of halogens is 3. The van der Waals surface area contributed by atoms with Crippen molar-refractivity contribution in [1.82, 2.24) is 10.3 Å². The molecule has 2 amide bonds. The molecule has 0 fully saturated rings. The van der Waals surface area contributed by atoms with Crippen LogP contribution >= 0.6 is 0 Å². The molecule has 0 radical (unpaired) electrons. The third-order valence-corrected chi connectivity index (χ3v) is 4.24. The number of amides is 2. The van der Waals surface area contributed by atoms with E-state index in [0.29, 0.717) is 16.5 Å². The van der Waals surface area contributed by atoms with Gasteiger partial charge >= 0.3 is 6.18 Å². The fourth-order valence-corrected chi connectivity index (χ4v) is 2.86. The average Bonchev–Trinajstić information content (AvgIpc) is 2.66. The quantitative estimate of drug-likeness (QED) is 0.706. The van der Waals surface area contributed by atoms with Crippen molar-refractivity contribution in [3.63, 3.8) is 0 Å². The smallest absolute Gasteiger partial charge is 0.368 e. The maximum Gasteiger partial charge on any atom is 0.416 e. The van der Waals surface area contributed by atoms with E-state index in [4.69, 9.17) is 5.73 Å². The summed E-state index contributed by atoms with van der Waals surface area (Å²) in [6.07, 6.45) is -3.20. The molecular formula is C20H16F3N3O2. The summed E-state index contributed by atoms with van der Waals surface area (Å²) in [4.78, 5) is 28.6. The monoisotopic (exact) mass is 387 g/mol. The number of nitrogens with one attached hydrogen (secondary N) is 1. The summed E-state index contributed by atoms with van der Waals surface area (Å²) in [5.74, 6) is -1.40. The van der Waals surface area contributed by atoms with Gasteiger partial charge in [0.15, 0.2) is 0 Å². The lowest BCUT2D eigenvalue weighted by molar-refractivity contribution is -0.137. The van der Waals surface area contributed by atoms with E-state index in [2.05, 4.69) is 10.3 Å². The topological polar surface area (TPSA) is 85.1 Å². The third-order valence-electron chi connectivity index (χ3n) is 4.24. The molecule has 1 heterocycles. The second-order valence-electron chi connectivity index (χ2n) is 6.21. The van der Waals surface area contributed by atoms with Crippen molar-refractivity contribution >= 4 is 22.7 Å². The highest BCUT2D eigenvalue weighted by Crippen LogP contribution is 2.29. The van der Waals surface area contributed by atoms with Crippen molar-refractivity contribution in [3.8, 4) is 0 Å². The molecule has 0 aliphatic rings. The standard InChI is InChI=1S/C20H16F3N3O2/c21-20(22,23)13-5-3-4-12(10-13)11-17(18(24)27)26-19(28)15-8-9-25-16-7-2-1-6-14(15)16/h1-10,17H,11H2,(H2,24,27)(H,26,28)/t17-/m1/s1. The van der Waals surface area contributed by atoms with E-state index >= 15 is 0 Å². The molecule has 3 rings (SSSR count). The lowest BCUT2D eigenvalue weighted by Gasteiger charge is -2.17. The highest BCUT2D eigenvalue weighted by molar-refractivity contribution is 6.07. The Morgan fingerprint density at radius 1 is 1.07 bits per heavy atom. The van der Waals surface area contributed by atoms with Gasteiger partial charge in [-0.2, -0.15) is 13.2 Å². The Morgan fingerprint density at radius 2 is 1.82 bits per heavy atom. The van der Waals surface area contributed by atoms with Gasteiger partial charge in [0.05, 0.1) is 16.6 Å². The van der Waals surface area contributed by atoms with Crippen LogP contribution in [0.25, 0.3) is 10.9 Å². The molecule has 0 saturated heterocycles. The zero-order chi connectivity index (χ0) is 20.3. The first-order chi connectivity index (χ1) is 13.3. The Labute approximate surface area is 158 Å². The maximum absolute atomic E-state index is 12.9. The van der Waals surface area contributed by atoms with Gasteiger partial charge in [0, 0.05) is 18.0 Å². The van der Waals surface area contributed by atoms with Crippen LogP contribution in [-0.2, 0) is 17.4 Å². The number of carbonyl (C=O) groups excluding carboxylic acids is 2. The molecule has 28 heavy (non-hydrogen) atoms. The Morgan fingerprint density at radius 3 is 2.54 bits per heavy atom. The van der Waals surface area contributed by atoms with Crippen LogP contribution in [-0.4, -0.2) is 22.8 Å². The van der Waals surface area contributed by atoms with Gasteiger partial charge in [0.25, 0.3) is 5.91 Å². The van der Waals surface area contributed by atoms with Gasteiger partial charge in [-0.3, -0.25) is 14.6 Å². The Balaban J connectivity index is 1.84. The van der Waals surface area contributed by atoms with Gasteiger partial charge in [-0.1, -0.05) is 36.4 Å². The zero-order valence-corrected chi connectivity index (χ0v) is 14.5. The lowest BCUT2D eigenvalue weighted by atomic mass is 10.0. The molecule has 5 nitrogen and oxygen atoms in total. The molecule has 0 aliphatic carbocycles. The van der Waals surface area contributed by atoms with E-state index in [1.54, 1.807) is 24.3 Å². The summed E-state index contributed by atoms with van der Waals surface area (Å²) >= 11 is 0. The highest BCUT2D eigenvalue weighted by Gasteiger charge is 2.31. The summed E-state index contributed by atoms with van der Waals surface area (Å²) in [6.45, 7) is 0. The number of alkyl halides is 3. The third kappa shape index (κ3) is 4.28. The molecule has 0 saturated carbocycles. The first-order valence-electron chi connectivity index (χ1n) is 8.36. The fourth-order valence-electron chi connectivity index (χ4n) is 2.86. The molecule has 2 aromatic carbocycles. The highest BCUT2D eigenvalue weighted by atomic mass is 19.4. The number of hydrogen-bond acceptors (Lipinski definition) is 3. The normalized spacial score (nSPS) is 12.5. The Hall–Kier alpha value is -3.42. The summed E-state index contributed by atoms with van der Waals surface area (Å²) in [6, 6.07) is 11.9. The van der Waals surface area contributed by atoms with Crippen LogP contribution in [0.1, 0.15) is 21.5 Å². The van der Waals surface area contributed by atoms with Crippen molar-refractivity contribution in [3.05, 3.63) is 77.5 Å². The van der Waals surface area contributed by atoms with Gasteiger partial charge in [0.2, 0.25) is 5.91 Å². The number of fused-ring (bicyclic) bond motifs is 1. The molecule has 0 unspecified atom stereocenters. The first kappa shape index (κ1) is 19.3. The van der Waals surface area contributed by atoms with Crippen molar-refractivity contribution in [1.29, 1.82) is 0 Å². The fraction of sp³-hybridized carbons (Fsp3) is 0.150. The van der Waals surface area contributed by atoms with Crippen LogP contribution in [0.4, 0.5) is 13.2 Å². The van der Waals surface area contributed by atoms with E-state index < -0.39 is 29.6 Å². The van der Waals surface area contributed by atoms with Crippen LogP contribution in [0.5, 0.6) is 0 Å². The first-order valence-corrected chi connectivity index (χ1v) is 8.36. The maximum atomic E-state index is 12.9. The molecule has 144 valence electrons. The summed E-state index contributed by atoms with van der Waals surface area (Å²) in [5, 5.41) is 3.10. The number of nitrogens with zero attached hydrogens (tertiary/aromatic N) is 1. The number of nitrogens with two attached hydrogens (primary N) is 1. The molecule has 3 aromatic rings. The Bertz CT molecular complexity index is 1030. The number of para-hydroxylation sites is 1. The molecular weight excluding hydrogens is 371 g/mol. The minimum atomic E-state index is -4.50. The van der Waals surface area contributed by atoms with E-state index in [1.807, 2.05) is 0 Å². The van der Waals surface area contributed by atoms with E-state index in [-0.39, 0.29) is 12.0 Å². The molecule has 0 bridgehead atoms. The van der Waals surface area contributed by atoms with Crippen molar-refractivity contribution in [2.75, 3.05) is 0 Å². The zero-order valence-electron chi connectivity index (χ0n) is 14.5. The van der Waals surface area contributed by atoms with Crippen LogP contribution in [0.2, 0.25) is 0 Å². The van der Waals surface area contributed by atoms with Crippen LogP contribution < -0.4 is 11.1 Å². The van der Waals surface area contributed by atoms with Crippen molar-refractivity contribution in [2.45, 2.75) is 18.6 Å². The van der Waals surface area contributed by atoms with Gasteiger partial charge < -0.3 is 11.1 Å². The van der Waals surface area contributed by atoms with Crippen molar-refractivity contribution in [2.24, 2.45) is 5.73 Å². The summed E-state index contributed by atoms with van der Waals surface area (Å²) in [7, 11) is 0. The number of pyridine rings is 1. The summed E-state index contributed by atoms with van der Waals surface area (Å²) < 4.78 is 38.6. The average molecular weight is 387 g/mol. The predicted molar refractivity (Wildman–Crippen MR) is 97.3 cm³/mol. The van der Waals surface area contributed by atoms with Crippen molar-refractivity contribution < 1.29 is 22.8 Å². The number of rotatable bonds is 5. The molecule has 8 heteroatoms. The van der Waals surface area contributed by atoms with E-state index in [1.165, 1.54) is 24.4 Å². The van der Waals surface area contributed by atoms with Gasteiger partial charge in [-0.05, 0) is 23.8 Å². The minimum Gasteiger partial charge on any atom is -0.368 e. The molecule has 1 atom stereocenters. The molecule has 0 aliphatic heterocycles. The second kappa shape index (κ2) is 7.67. The van der Waals surface area contributed by atoms with Gasteiger partial charge in [-0.25, -0.2) is 0 Å². The SMILES string of the molecule is NC(=O)[C@@H](Cc1cccc(C(F)(F)F)c1)NC(=O)c1ccnc2ccccc12. The van der Waals surface area contributed by atoms with E-state index in [0.717, 1.165) is 12.1 Å². The van der Waals surface area contributed by atoms with Crippen LogP contribution in [0.3, 0.4) is 0 Å². The van der Waals surface area contributed by atoms with Crippen LogP contribution in [0.15, 0.2) is 60.8 Å². The number of primary amides is 1.